The first kappa shape index (κ1) is 11.6. The van der Waals surface area contributed by atoms with Crippen molar-refractivity contribution >= 4 is 11.3 Å². The zero-order valence-electron chi connectivity index (χ0n) is 9.70. The van der Waals surface area contributed by atoms with E-state index in [2.05, 4.69) is 24.4 Å². The molecule has 1 aliphatic rings. The molecule has 2 rings (SSSR count). The van der Waals surface area contributed by atoms with Crippen LogP contribution < -0.4 is 5.32 Å². The first-order chi connectivity index (χ1) is 7.79. The van der Waals surface area contributed by atoms with Crippen molar-refractivity contribution in [1.29, 1.82) is 5.26 Å². The summed E-state index contributed by atoms with van der Waals surface area (Å²) in [6, 6.07) is 6.55. The highest BCUT2D eigenvalue weighted by Gasteiger charge is 2.16. The molecule has 16 heavy (non-hydrogen) atoms. The molecule has 1 fully saturated rings. The van der Waals surface area contributed by atoms with E-state index in [4.69, 9.17) is 5.26 Å². The van der Waals surface area contributed by atoms with E-state index in [9.17, 15) is 0 Å². The number of hydrogen-bond donors (Lipinski definition) is 1. The van der Waals surface area contributed by atoms with E-state index in [1.807, 2.05) is 6.07 Å². The third kappa shape index (κ3) is 2.84. The molecule has 1 N–H and O–H groups in total. The summed E-state index contributed by atoms with van der Waals surface area (Å²) in [6.07, 6.45) is 5.57. The van der Waals surface area contributed by atoms with E-state index in [0.717, 1.165) is 17.3 Å². The van der Waals surface area contributed by atoms with Gasteiger partial charge in [0, 0.05) is 10.9 Å². The van der Waals surface area contributed by atoms with Crippen molar-refractivity contribution in [2.75, 3.05) is 6.54 Å². The number of nitriles is 1. The Bertz CT molecular complexity index is 372. The van der Waals surface area contributed by atoms with Gasteiger partial charge in [-0.3, -0.25) is 0 Å². The van der Waals surface area contributed by atoms with Gasteiger partial charge in [-0.2, -0.15) is 5.26 Å². The molecule has 0 spiro atoms. The average molecular weight is 234 g/mol. The summed E-state index contributed by atoms with van der Waals surface area (Å²) >= 11 is 1.60. The first-order valence-electron chi connectivity index (χ1n) is 6.03. The van der Waals surface area contributed by atoms with E-state index >= 15 is 0 Å². The van der Waals surface area contributed by atoms with Crippen molar-refractivity contribution in [2.45, 2.75) is 38.6 Å². The molecule has 0 amide bonds. The summed E-state index contributed by atoms with van der Waals surface area (Å²) in [6.45, 7) is 3.31. The number of nitrogens with zero attached hydrogens (tertiary/aromatic N) is 1. The Kier molecular flexibility index (Phi) is 3.98. The minimum atomic E-state index is 0.382. The first-order valence-corrected chi connectivity index (χ1v) is 6.84. The SMILES string of the molecule is CC(NCC1CCCC1)c1ccc(C#N)s1. The fourth-order valence-electron chi connectivity index (χ4n) is 2.30. The van der Waals surface area contributed by atoms with Crippen LogP contribution >= 0.6 is 11.3 Å². The number of thiophene rings is 1. The fraction of sp³-hybridized carbons (Fsp3) is 0.615. The summed E-state index contributed by atoms with van der Waals surface area (Å²) in [5.41, 5.74) is 0. The van der Waals surface area contributed by atoms with Crippen molar-refractivity contribution in [3.63, 3.8) is 0 Å². The second kappa shape index (κ2) is 5.47. The standard InChI is InChI=1S/C13H18N2S/c1-10(13-7-6-12(8-14)16-13)15-9-11-4-2-3-5-11/h6-7,10-11,15H,2-5,9H2,1H3. The van der Waals surface area contributed by atoms with Gasteiger partial charge in [-0.25, -0.2) is 0 Å². The van der Waals surface area contributed by atoms with Gasteiger partial charge in [-0.1, -0.05) is 12.8 Å². The van der Waals surface area contributed by atoms with Gasteiger partial charge >= 0.3 is 0 Å². The molecule has 0 bridgehead atoms. The molecule has 1 unspecified atom stereocenters. The zero-order chi connectivity index (χ0) is 11.4. The van der Waals surface area contributed by atoms with E-state index in [-0.39, 0.29) is 0 Å². The van der Waals surface area contributed by atoms with Crippen LogP contribution in [0.15, 0.2) is 12.1 Å². The molecule has 0 radical (unpaired) electrons. The maximum Gasteiger partial charge on any atom is 0.110 e. The molecule has 3 heteroatoms. The third-order valence-electron chi connectivity index (χ3n) is 3.35. The average Bonchev–Trinajstić information content (AvgIpc) is 2.96. The predicted octanol–water partition coefficient (Wildman–Crippen LogP) is 3.46. The van der Waals surface area contributed by atoms with Crippen LogP contribution in [0.4, 0.5) is 0 Å². The van der Waals surface area contributed by atoms with Gasteiger partial charge in [0.15, 0.2) is 0 Å². The van der Waals surface area contributed by atoms with Crippen molar-refractivity contribution in [1.82, 2.24) is 5.32 Å². The highest BCUT2D eigenvalue weighted by molar-refractivity contribution is 7.12. The smallest absolute Gasteiger partial charge is 0.110 e. The molecule has 0 aromatic carbocycles. The van der Waals surface area contributed by atoms with E-state index in [1.54, 1.807) is 11.3 Å². The van der Waals surface area contributed by atoms with Crippen LogP contribution in [0, 0.1) is 17.2 Å². The van der Waals surface area contributed by atoms with E-state index < -0.39 is 0 Å². The van der Waals surface area contributed by atoms with Gasteiger partial charge in [0.1, 0.15) is 10.9 Å². The lowest BCUT2D eigenvalue weighted by Gasteiger charge is -2.15. The Labute approximate surface area is 101 Å². The topological polar surface area (TPSA) is 35.8 Å². The molecular weight excluding hydrogens is 216 g/mol. The van der Waals surface area contributed by atoms with Crippen LogP contribution in [0.25, 0.3) is 0 Å². The number of nitrogens with one attached hydrogen (secondary N) is 1. The Morgan fingerprint density at radius 1 is 1.50 bits per heavy atom. The Morgan fingerprint density at radius 3 is 2.88 bits per heavy atom. The van der Waals surface area contributed by atoms with Crippen molar-refractivity contribution < 1.29 is 0 Å². The zero-order valence-corrected chi connectivity index (χ0v) is 10.5. The lowest BCUT2D eigenvalue weighted by atomic mass is 10.1. The molecule has 86 valence electrons. The summed E-state index contributed by atoms with van der Waals surface area (Å²) in [5, 5.41) is 12.4. The van der Waals surface area contributed by atoms with Crippen molar-refractivity contribution in [3.8, 4) is 6.07 Å². The molecule has 1 aliphatic carbocycles. The molecule has 1 aromatic rings. The molecule has 2 nitrogen and oxygen atoms in total. The highest BCUT2D eigenvalue weighted by atomic mass is 32.1. The van der Waals surface area contributed by atoms with Gasteiger partial charge in [-0.15, -0.1) is 11.3 Å². The number of rotatable bonds is 4. The van der Waals surface area contributed by atoms with Gasteiger partial charge < -0.3 is 5.32 Å². The fourth-order valence-corrected chi connectivity index (χ4v) is 3.14. The lowest BCUT2D eigenvalue weighted by molar-refractivity contribution is 0.455. The number of hydrogen-bond acceptors (Lipinski definition) is 3. The molecule has 1 saturated carbocycles. The largest absolute Gasteiger partial charge is 0.309 e. The summed E-state index contributed by atoms with van der Waals surface area (Å²) in [7, 11) is 0. The Hall–Kier alpha value is -0.850. The Balaban J connectivity index is 1.82. The highest BCUT2D eigenvalue weighted by Crippen LogP contribution is 2.26. The minimum Gasteiger partial charge on any atom is -0.309 e. The quantitative estimate of drug-likeness (QED) is 0.866. The van der Waals surface area contributed by atoms with Gasteiger partial charge in [0.05, 0.1) is 0 Å². The van der Waals surface area contributed by atoms with Crippen LogP contribution in [0.3, 0.4) is 0 Å². The third-order valence-corrected chi connectivity index (χ3v) is 4.52. The molecular formula is C13H18N2S. The van der Waals surface area contributed by atoms with E-state index in [1.165, 1.54) is 30.6 Å². The van der Waals surface area contributed by atoms with Gasteiger partial charge in [0.25, 0.3) is 0 Å². The second-order valence-electron chi connectivity index (χ2n) is 4.59. The van der Waals surface area contributed by atoms with Crippen LogP contribution in [0.2, 0.25) is 0 Å². The van der Waals surface area contributed by atoms with Crippen molar-refractivity contribution in [3.05, 3.63) is 21.9 Å². The van der Waals surface area contributed by atoms with E-state index in [0.29, 0.717) is 6.04 Å². The molecule has 1 aromatic heterocycles. The molecule has 0 saturated heterocycles. The lowest BCUT2D eigenvalue weighted by Crippen LogP contribution is -2.23. The van der Waals surface area contributed by atoms with Crippen molar-refractivity contribution in [2.24, 2.45) is 5.92 Å². The molecule has 1 heterocycles. The summed E-state index contributed by atoms with van der Waals surface area (Å²) in [4.78, 5) is 2.08. The predicted molar refractivity (Wildman–Crippen MR) is 67.4 cm³/mol. The minimum absolute atomic E-state index is 0.382. The van der Waals surface area contributed by atoms with Gasteiger partial charge in [0.2, 0.25) is 0 Å². The maximum absolute atomic E-state index is 8.78. The Morgan fingerprint density at radius 2 is 2.25 bits per heavy atom. The van der Waals surface area contributed by atoms with Crippen LogP contribution in [0.1, 0.15) is 48.4 Å². The van der Waals surface area contributed by atoms with Crippen LogP contribution in [-0.2, 0) is 0 Å². The summed E-state index contributed by atoms with van der Waals surface area (Å²) in [5.74, 6) is 0.873. The normalized spacial score (nSPS) is 18.5. The van der Waals surface area contributed by atoms with Gasteiger partial charge in [-0.05, 0) is 44.4 Å². The van der Waals surface area contributed by atoms with Crippen LogP contribution in [0.5, 0.6) is 0 Å². The summed E-state index contributed by atoms with van der Waals surface area (Å²) < 4.78 is 0. The monoisotopic (exact) mass is 234 g/mol. The maximum atomic E-state index is 8.78. The second-order valence-corrected chi connectivity index (χ2v) is 5.71. The molecule has 0 aliphatic heterocycles. The molecule has 1 atom stereocenters. The van der Waals surface area contributed by atoms with Crippen LogP contribution in [-0.4, -0.2) is 6.54 Å².